The molecule has 0 aromatic heterocycles. The van der Waals surface area contributed by atoms with E-state index in [1.54, 1.807) is 18.2 Å². The van der Waals surface area contributed by atoms with Gasteiger partial charge < -0.3 is 9.47 Å². The van der Waals surface area contributed by atoms with E-state index in [0.29, 0.717) is 22.4 Å². The average molecular weight is 296 g/mol. The fraction of sp³-hybridized carbons (Fsp3) is 0.500. The van der Waals surface area contributed by atoms with Gasteiger partial charge in [-0.25, -0.2) is 0 Å². The summed E-state index contributed by atoms with van der Waals surface area (Å²) in [7, 11) is 0. The molecule has 5 heteroatoms. The van der Waals surface area contributed by atoms with Gasteiger partial charge in [0.05, 0.1) is 10.4 Å². The third-order valence-electron chi connectivity index (χ3n) is 2.71. The van der Waals surface area contributed by atoms with Crippen LogP contribution in [0, 0.1) is 0 Å². The first-order chi connectivity index (χ1) is 8.11. The quantitative estimate of drug-likeness (QED) is 0.777. The van der Waals surface area contributed by atoms with Crippen molar-refractivity contribution in [2.24, 2.45) is 0 Å². The van der Waals surface area contributed by atoms with Gasteiger partial charge in [-0.1, -0.05) is 23.2 Å². The summed E-state index contributed by atoms with van der Waals surface area (Å²) < 4.78 is 11.3. The van der Waals surface area contributed by atoms with Crippen molar-refractivity contribution in [1.82, 2.24) is 0 Å². The smallest absolute Gasteiger partial charge is 0.139 e. The van der Waals surface area contributed by atoms with Crippen LogP contribution < -0.4 is 4.74 Å². The van der Waals surface area contributed by atoms with E-state index in [0.717, 1.165) is 6.42 Å². The van der Waals surface area contributed by atoms with Crippen LogP contribution in [0.2, 0.25) is 10.0 Å². The van der Waals surface area contributed by atoms with E-state index in [1.165, 1.54) is 0 Å². The number of hydrogen-bond acceptors (Lipinski definition) is 2. The van der Waals surface area contributed by atoms with Crippen molar-refractivity contribution in [2.75, 3.05) is 6.61 Å². The Labute approximate surface area is 116 Å². The standard InChI is InChI=1S/C12H13Cl3O2/c1-2-16-12-9(15)6-11(12)17-10-5-7(13)3-4-8(10)14/h3-5,9,11-12H,2,6H2,1H3. The van der Waals surface area contributed by atoms with Crippen LogP contribution >= 0.6 is 34.8 Å². The zero-order valence-electron chi connectivity index (χ0n) is 9.33. The van der Waals surface area contributed by atoms with Crippen molar-refractivity contribution in [2.45, 2.75) is 30.9 Å². The minimum Gasteiger partial charge on any atom is -0.486 e. The first-order valence-electron chi connectivity index (χ1n) is 5.49. The lowest BCUT2D eigenvalue weighted by molar-refractivity contribution is -0.0759. The van der Waals surface area contributed by atoms with Crippen molar-refractivity contribution in [3.63, 3.8) is 0 Å². The second-order valence-corrected chi connectivity index (χ2v) is 5.31. The Morgan fingerprint density at radius 2 is 2.12 bits per heavy atom. The molecule has 0 saturated heterocycles. The lowest BCUT2D eigenvalue weighted by Crippen LogP contribution is -2.52. The lowest BCUT2D eigenvalue weighted by Gasteiger charge is -2.40. The van der Waals surface area contributed by atoms with E-state index in [4.69, 9.17) is 44.3 Å². The number of rotatable bonds is 4. The van der Waals surface area contributed by atoms with E-state index in [-0.39, 0.29) is 17.6 Å². The summed E-state index contributed by atoms with van der Waals surface area (Å²) in [6.45, 7) is 2.56. The molecule has 0 amide bonds. The first kappa shape index (κ1) is 13.3. The molecular weight excluding hydrogens is 282 g/mol. The van der Waals surface area contributed by atoms with Crippen LogP contribution in [0.5, 0.6) is 5.75 Å². The summed E-state index contributed by atoms with van der Waals surface area (Å²) >= 11 is 18.0. The highest BCUT2D eigenvalue weighted by Gasteiger charge is 2.42. The lowest BCUT2D eigenvalue weighted by atomic mass is 9.91. The molecule has 2 rings (SSSR count). The summed E-state index contributed by atoms with van der Waals surface area (Å²) in [5, 5.41) is 1.15. The predicted molar refractivity (Wildman–Crippen MR) is 70.6 cm³/mol. The molecule has 17 heavy (non-hydrogen) atoms. The molecule has 1 fully saturated rings. The predicted octanol–water partition coefficient (Wildman–Crippen LogP) is 4.16. The molecule has 1 saturated carbocycles. The fourth-order valence-corrected chi connectivity index (χ4v) is 2.51. The molecule has 0 aliphatic heterocycles. The van der Waals surface area contributed by atoms with Gasteiger partial charge in [-0.05, 0) is 19.1 Å². The van der Waals surface area contributed by atoms with E-state index in [9.17, 15) is 0 Å². The molecular formula is C12H13Cl3O2. The average Bonchev–Trinajstić information content (AvgIpc) is 2.30. The summed E-state index contributed by atoms with van der Waals surface area (Å²) in [5.41, 5.74) is 0. The molecule has 94 valence electrons. The normalized spacial score (nSPS) is 27.6. The zero-order valence-corrected chi connectivity index (χ0v) is 11.6. The molecule has 0 heterocycles. The topological polar surface area (TPSA) is 18.5 Å². The summed E-state index contributed by atoms with van der Waals surface area (Å²) in [5.74, 6) is 0.581. The maximum Gasteiger partial charge on any atom is 0.139 e. The number of benzene rings is 1. The Bertz CT molecular complexity index is 397. The van der Waals surface area contributed by atoms with Crippen LogP contribution in [0.25, 0.3) is 0 Å². The largest absolute Gasteiger partial charge is 0.486 e. The molecule has 0 N–H and O–H groups in total. The zero-order chi connectivity index (χ0) is 12.4. The van der Waals surface area contributed by atoms with Gasteiger partial charge in [0.25, 0.3) is 0 Å². The van der Waals surface area contributed by atoms with Crippen molar-refractivity contribution < 1.29 is 9.47 Å². The Morgan fingerprint density at radius 3 is 2.76 bits per heavy atom. The van der Waals surface area contributed by atoms with Crippen molar-refractivity contribution in [3.05, 3.63) is 28.2 Å². The number of ether oxygens (including phenoxy) is 2. The van der Waals surface area contributed by atoms with Crippen LogP contribution in [-0.2, 0) is 4.74 Å². The van der Waals surface area contributed by atoms with E-state index < -0.39 is 0 Å². The van der Waals surface area contributed by atoms with Crippen molar-refractivity contribution in [3.8, 4) is 5.75 Å². The maximum atomic E-state index is 6.06. The summed E-state index contributed by atoms with van der Waals surface area (Å²) in [4.78, 5) is 0. The second-order valence-electron chi connectivity index (χ2n) is 3.90. The highest BCUT2D eigenvalue weighted by molar-refractivity contribution is 6.34. The Kier molecular flexibility index (Phi) is 4.42. The Morgan fingerprint density at radius 1 is 1.35 bits per heavy atom. The molecule has 3 unspecified atom stereocenters. The molecule has 1 aliphatic rings. The third-order valence-corrected chi connectivity index (χ3v) is 3.68. The highest BCUT2D eigenvalue weighted by Crippen LogP contribution is 2.36. The highest BCUT2D eigenvalue weighted by atomic mass is 35.5. The SMILES string of the molecule is CCOC1C(Cl)CC1Oc1cc(Cl)ccc1Cl. The number of halogens is 3. The van der Waals surface area contributed by atoms with Gasteiger partial charge in [-0.15, -0.1) is 11.6 Å². The van der Waals surface area contributed by atoms with Gasteiger partial charge in [-0.3, -0.25) is 0 Å². The molecule has 3 atom stereocenters. The van der Waals surface area contributed by atoms with Crippen LogP contribution in [0.15, 0.2) is 18.2 Å². The van der Waals surface area contributed by atoms with E-state index in [1.807, 2.05) is 6.92 Å². The molecule has 1 aromatic rings. The maximum absolute atomic E-state index is 6.06. The fourth-order valence-electron chi connectivity index (χ4n) is 1.78. The number of alkyl halides is 1. The Balaban J connectivity index is 2.03. The van der Waals surface area contributed by atoms with Crippen molar-refractivity contribution in [1.29, 1.82) is 0 Å². The molecule has 1 aliphatic carbocycles. The van der Waals surface area contributed by atoms with Gasteiger partial charge >= 0.3 is 0 Å². The van der Waals surface area contributed by atoms with E-state index in [2.05, 4.69) is 0 Å². The monoisotopic (exact) mass is 294 g/mol. The minimum absolute atomic E-state index is 0.0120. The third kappa shape index (κ3) is 3.00. The van der Waals surface area contributed by atoms with Crippen LogP contribution in [-0.4, -0.2) is 24.2 Å². The van der Waals surface area contributed by atoms with Gasteiger partial charge in [0.2, 0.25) is 0 Å². The first-order valence-corrected chi connectivity index (χ1v) is 6.68. The molecule has 0 radical (unpaired) electrons. The van der Waals surface area contributed by atoms with Gasteiger partial charge in [0.1, 0.15) is 18.0 Å². The van der Waals surface area contributed by atoms with Crippen LogP contribution in [0.3, 0.4) is 0 Å². The van der Waals surface area contributed by atoms with Crippen LogP contribution in [0.4, 0.5) is 0 Å². The summed E-state index contributed by atoms with van der Waals surface area (Å²) in [6.07, 6.45) is 0.639. The van der Waals surface area contributed by atoms with Crippen molar-refractivity contribution >= 4 is 34.8 Å². The molecule has 2 nitrogen and oxygen atoms in total. The van der Waals surface area contributed by atoms with Gasteiger partial charge in [0, 0.05) is 24.1 Å². The minimum atomic E-state index is -0.0725. The van der Waals surface area contributed by atoms with Gasteiger partial charge in [-0.2, -0.15) is 0 Å². The Hall–Kier alpha value is -0.150. The molecule has 0 bridgehead atoms. The summed E-state index contributed by atoms with van der Waals surface area (Å²) in [6, 6.07) is 5.14. The number of hydrogen-bond donors (Lipinski definition) is 0. The molecule has 1 aromatic carbocycles. The van der Waals surface area contributed by atoms with Gasteiger partial charge in [0.15, 0.2) is 0 Å². The molecule has 0 spiro atoms. The van der Waals surface area contributed by atoms with E-state index >= 15 is 0 Å². The van der Waals surface area contributed by atoms with Crippen LogP contribution in [0.1, 0.15) is 13.3 Å². The second kappa shape index (κ2) is 5.66.